The van der Waals surface area contributed by atoms with Gasteiger partial charge in [-0.2, -0.15) is 0 Å². The molecule has 1 unspecified atom stereocenters. The van der Waals surface area contributed by atoms with Gasteiger partial charge in [0.15, 0.2) is 0 Å². The summed E-state index contributed by atoms with van der Waals surface area (Å²) in [7, 11) is 0. The Morgan fingerprint density at radius 1 is 1.21 bits per heavy atom. The smallest absolute Gasteiger partial charge is 0.123 e. The van der Waals surface area contributed by atoms with Crippen molar-refractivity contribution < 1.29 is 0 Å². The van der Waals surface area contributed by atoms with Crippen LogP contribution in [0.4, 0.5) is 5.82 Å². The Bertz CT molecular complexity index is 539. The van der Waals surface area contributed by atoms with Gasteiger partial charge in [0, 0.05) is 12.4 Å². The number of nitrogen functional groups attached to an aromatic ring is 1. The van der Waals surface area contributed by atoms with Crippen LogP contribution in [0.5, 0.6) is 0 Å². The number of likely N-dealkylation sites (N-methyl/N-ethyl adjacent to an activating group) is 1. The van der Waals surface area contributed by atoms with Crippen LogP contribution in [0, 0.1) is 6.92 Å². The van der Waals surface area contributed by atoms with Crippen molar-refractivity contribution in [2.24, 2.45) is 0 Å². The van der Waals surface area contributed by atoms with Crippen molar-refractivity contribution in [1.82, 2.24) is 15.3 Å². The van der Waals surface area contributed by atoms with Gasteiger partial charge in [0.05, 0.1) is 11.7 Å². The van der Waals surface area contributed by atoms with Gasteiger partial charge in [0.1, 0.15) is 5.82 Å². The second-order valence-electron chi connectivity index (χ2n) is 4.66. The fraction of sp³-hybridized carbons (Fsp3) is 0.333. The minimum Gasteiger partial charge on any atom is -0.384 e. The number of rotatable bonds is 5. The number of nitrogens with two attached hydrogens (primary N) is 1. The Morgan fingerprint density at radius 2 is 2.00 bits per heavy atom. The molecule has 2 aromatic rings. The lowest BCUT2D eigenvalue weighted by Gasteiger charge is -2.18. The zero-order valence-electron chi connectivity index (χ0n) is 11.4. The zero-order chi connectivity index (χ0) is 13.7. The number of aryl methyl sites for hydroxylation is 1. The van der Waals surface area contributed by atoms with E-state index in [4.69, 9.17) is 5.73 Å². The lowest BCUT2D eigenvalue weighted by Crippen LogP contribution is -2.24. The average Bonchev–Trinajstić information content (AvgIpc) is 2.38. The molecule has 0 aliphatic rings. The fourth-order valence-electron chi connectivity index (χ4n) is 2.13. The minimum absolute atomic E-state index is 0.201. The highest BCUT2D eigenvalue weighted by Gasteiger charge is 2.12. The van der Waals surface area contributed by atoms with Gasteiger partial charge < -0.3 is 11.1 Å². The Kier molecular flexibility index (Phi) is 4.47. The second kappa shape index (κ2) is 6.29. The lowest BCUT2D eigenvalue weighted by molar-refractivity contribution is 0.536. The van der Waals surface area contributed by atoms with E-state index in [2.05, 4.69) is 35.2 Å². The summed E-state index contributed by atoms with van der Waals surface area (Å²) < 4.78 is 0. The van der Waals surface area contributed by atoms with Crippen molar-refractivity contribution in [3.05, 3.63) is 53.5 Å². The third-order valence-electron chi connectivity index (χ3n) is 3.03. The van der Waals surface area contributed by atoms with Crippen LogP contribution in [-0.2, 0) is 6.42 Å². The molecule has 0 fully saturated rings. The lowest BCUT2D eigenvalue weighted by atomic mass is 10.0. The maximum atomic E-state index is 5.72. The number of hydrogen-bond donors (Lipinski definition) is 2. The normalized spacial score (nSPS) is 12.3. The molecule has 4 nitrogen and oxygen atoms in total. The van der Waals surface area contributed by atoms with Crippen LogP contribution in [0.1, 0.15) is 29.8 Å². The molecule has 4 heteroatoms. The first-order valence-electron chi connectivity index (χ1n) is 6.55. The monoisotopic (exact) mass is 256 g/mol. The summed E-state index contributed by atoms with van der Waals surface area (Å²) in [5.74, 6) is 0.560. The molecule has 2 aromatic heterocycles. The molecule has 100 valence electrons. The van der Waals surface area contributed by atoms with Gasteiger partial charge in [0.25, 0.3) is 0 Å². The molecule has 2 rings (SSSR count). The van der Waals surface area contributed by atoms with Crippen LogP contribution in [0.25, 0.3) is 0 Å². The highest BCUT2D eigenvalue weighted by molar-refractivity contribution is 5.33. The molecule has 0 aromatic carbocycles. The molecule has 0 saturated heterocycles. The maximum Gasteiger partial charge on any atom is 0.123 e. The van der Waals surface area contributed by atoms with Gasteiger partial charge in [-0.15, -0.1) is 0 Å². The first kappa shape index (κ1) is 13.5. The SMILES string of the molecule is CCNC(Cc1ccnc(N)c1)c1cc(C)ccn1. The van der Waals surface area contributed by atoms with Crippen LogP contribution in [-0.4, -0.2) is 16.5 Å². The number of hydrogen-bond acceptors (Lipinski definition) is 4. The molecular weight excluding hydrogens is 236 g/mol. The van der Waals surface area contributed by atoms with E-state index in [0.717, 1.165) is 18.7 Å². The highest BCUT2D eigenvalue weighted by Crippen LogP contribution is 2.18. The molecule has 0 radical (unpaired) electrons. The maximum absolute atomic E-state index is 5.72. The topological polar surface area (TPSA) is 63.8 Å². The Morgan fingerprint density at radius 3 is 2.68 bits per heavy atom. The molecule has 0 saturated carbocycles. The quantitative estimate of drug-likeness (QED) is 0.861. The van der Waals surface area contributed by atoms with E-state index in [-0.39, 0.29) is 6.04 Å². The standard InChI is InChI=1S/C15H20N4/c1-3-17-14(13-8-11(2)4-6-18-13)9-12-5-7-19-15(16)10-12/h4-8,10,14,17H,3,9H2,1-2H3,(H2,16,19). The van der Waals surface area contributed by atoms with Crippen LogP contribution < -0.4 is 11.1 Å². The van der Waals surface area contributed by atoms with Crippen LogP contribution in [0.3, 0.4) is 0 Å². The summed E-state index contributed by atoms with van der Waals surface area (Å²) in [6.07, 6.45) is 4.46. The summed E-state index contributed by atoms with van der Waals surface area (Å²) in [4.78, 5) is 8.49. The predicted molar refractivity (Wildman–Crippen MR) is 77.7 cm³/mol. The van der Waals surface area contributed by atoms with Gasteiger partial charge in [-0.3, -0.25) is 4.98 Å². The average molecular weight is 256 g/mol. The van der Waals surface area contributed by atoms with E-state index >= 15 is 0 Å². The van der Waals surface area contributed by atoms with Gasteiger partial charge in [0.2, 0.25) is 0 Å². The van der Waals surface area contributed by atoms with Gasteiger partial charge in [-0.1, -0.05) is 6.92 Å². The molecule has 0 amide bonds. The second-order valence-corrected chi connectivity index (χ2v) is 4.66. The van der Waals surface area contributed by atoms with Gasteiger partial charge in [-0.05, 0) is 55.3 Å². The molecule has 0 aliphatic carbocycles. The summed E-state index contributed by atoms with van der Waals surface area (Å²) in [6.45, 7) is 5.09. The van der Waals surface area contributed by atoms with Crippen LogP contribution in [0.2, 0.25) is 0 Å². The van der Waals surface area contributed by atoms with Crippen molar-refractivity contribution in [2.45, 2.75) is 26.3 Å². The minimum atomic E-state index is 0.201. The first-order valence-corrected chi connectivity index (χ1v) is 6.55. The molecule has 19 heavy (non-hydrogen) atoms. The zero-order valence-corrected chi connectivity index (χ0v) is 11.4. The van der Waals surface area contributed by atoms with E-state index in [1.165, 1.54) is 11.1 Å². The number of nitrogens with zero attached hydrogens (tertiary/aromatic N) is 2. The first-order chi connectivity index (χ1) is 9.19. The summed E-state index contributed by atoms with van der Waals surface area (Å²) in [5.41, 5.74) is 9.18. The van der Waals surface area contributed by atoms with E-state index in [9.17, 15) is 0 Å². The molecule has 0 aliphatic heterocycles. The van der Waals surface area contributed by atoms with E-state index in [0.29, 0.717) is 5.82 Å². The van der Waals surface area contributed by atoms with Crippen LogP contribution in [0.15, 0.2) is 36.7 Å². The van der Waals surface area contributed by atoms with Gasteiger partial charge in [-0.25, -0.2) is 4.98 Å². The molecular formula is C15H20N4. The van der Waals surface area contributed by atoms with Crippen molar-refractivity contribution in [3.63, 3.8) is 0 Å². The number of nitrogens with one attached hydrogen (secondary N) is 1. The van der Waals surface area contributed by atoms with E-state index < -0.39 is 0 Å². The molecule has 3 N–H and O–H groups in total. The van der Waals surface area contributed by atoms with Gasteiger partial charge >= 0.3 is 0 Å². The van der Waals surface area contributed by atoms with Crippen molar-refractivity contribution >= 4 is 5.82 Å². The van der Waals surface area contributed by atoms with Crippen molar-refractivity contribution in [2.75, 3.05) is 12.3 Å². The Hall–Kier alpha value is -1.94. The number of pyridine rings is 2. The predicted octanol–water partition coefficient (Wildman–Crippen LogP) is 2.26. The molecule has 2 heterocycles. The van der Waals surface area contributed by atoms with Crippen molar-refractivity contribution in [3.8, 4) is 0 Å². The third-order valence-corrected chi connectivity index (χ3v) is 3.03. The Labute approximate surface area is 114 Å². The summed E-state index contributed by atoms with van der Waals surface area (Å²) in [5, 5.41) is 3.47. The molecule has 0 spiro atoms. The van der Waals surface area contributed by atoms with E-state index in [1.54, 1.807) is 6.20 Å². The highest BCUT2D eigenvalue weighted by atomic mass is 14.9. The van der Waals surface area contributed by atoms with E-state index in [1.807, 2.05) is 24.4 Å². The van der Waals surface area contributed by atoms with Crippen molar-refractivity contribution in [1.29, 1.82) is 0 Å². The summed E-state index contributed by atoms with van der Waals surface area (Å²) in [6, 6.07) is 8.25. The largest absolute Gasteiger partial charge is 0.384 e. The summed E-state index contributed by atoms with van der Waals surface area (Å²) >= 11 is 0. The molecule has 1 atom stereocenters. The molecule has 0 bridgehead atoms. The third kappa shape index (κ3) is 3.76. The number of anilines is 1. The van der Waals surface area contributed by atoms with Crippen LogP contribution >= 0.6 is 0 Å². The Balaban J connectivity index is 2.21. The fourth-order valence-corrected chi connectivity index (χ4v) is 2.13. The number of aromatic nitrogens is 2.